The molecule has 4 rings (SSSR count). The first-order valence-corrected chi connectivity index (χ1v) is 7.97. The van der Waals surface area contributed by atoms with Gasteiger partial charge in [-0.2, -0.15) is 26.3 Å². The molecule has 0 N–H and O–H groups in total. The summed E-state index contributed by atoms with van der Waals surface area (Å²) in [7, 11) is 0. The van der Waals surface area contributed by atoms with Crippen LogP contribution in [0.5, 0.6) is 0 Å². The molecule has 0 bridgehead atoms. The molecule has 0 amide bonds. The number of fused-ring (bicyclic) bond motifs is 3. The fourth-order valence-corrected chi connectivity index (χ4v) is 2.73. The summed E-state index contributed by atoms with van der Waals surface area (Å²) >= 11 is 5.56. The summed E-state index contributed by atoms with van der Waals surface area (Å²) in [4.78, 5) is 7.47. The normalized spacial score (nSPS) is 13.0. The van der Waals surface area contributed by atoms with Gasteiger partial charge in [0.2, 0.25) is 5.89 Å². The highest BCUT2D eigenvalue weighted by atomic mass is 35.5. The van der Waals surface area contributed by atoms with Crippen molar-refractivity contribution in [2.45, 2.75) is 18.2 Å². The second-order valence-electron chi connectivity index (χ2n) is 5.61. The van der Waals surface area contributed by atoms with Gasteiger partial charge >= 0.3 is 12.4 Å². The molecule has 6 nitrogen and oxygen atoms in total. The van der Waals surface area contributed by atoms with Crippen molar-refractivity contribution in [2.75, 3.05) is 0 Å². The number of hydrogen-bond acceptors (Lipinski definition) is 5. The fraction of sp³-hybridized carbons (Fsp3) is 0.200. The number of halogens is 7. The van der Waals surface area contributed by atoms with Crippen LogP contribution in [-0.4, -0.2) is 24.6 Å². The maximum absolute atomic E-state index is 13.3. The van der Waals surface area contributed by atoms with Crippen LogP contribution in [0.3, 0.4) is 0 Å². The van der Waals surface area contributed by atoms with Gasteiger partial charge in [0.25, 0.3) is 5.89 Å². The molecule has 13 heteroatoms. The SMILES string of the molecule is FC(F)(F)c1cc(C(F)(F)F)c2ccc3nc(-c4nnc(CCl)o4)cn3c2n1. The van der Waals surface area contributed by atoms with Gasteiger partial charge in [-0.15, -0.1) is 21.8 Å². The minimum Gasteiger partial charge on any atom is -0.418 e. The smallest absolute Gasteiger partial charge is 0.418 e. The van der Waals surface area contributed by atoms with E-state index in [1.165, 1.54) is 6.07 Å². The van der Waals surface area contributed by atoms with Crippen molar-refractivity contribution in [1.29, 1.82) is 0 Å². The summed E-state index contributed by atoms with van der Waals surface area (Å²) < 4.78 is 85.5. The summed E-state index contributed by atoms with van der Waals surface area (Å²) in [5, 5.41) is 6.80. The van der Waals surface area contributed by atoms with Crippen LogP contribution in [0.4, 0.5) is 26.3 Å². The molecule has 4 aromatic rings. The Morgan fingerprint density at radius 1 is 1.00 bits per heavy atom. The van der Waals surface area contributed by atoms with Gasteiger partial charge in [-0.1, -0.05) is 0 Å². The molecular formula is C15H6ClF6N5O. The molecule has 0 aliphatic rings. The summed E-state index contributed by atoms with van der Waals surface area (Å²) in [6, 6.07) is 2.21. The predicted octanol–water partition coefficient (Wildman–Crippen LogP) is 4.71. The molecule has 0 unspecified atom stereocenters. The van der Waals surface area contributed by atoms with E-state index in [9.17, 15) is 26.3 Å². The summed E-state index contributed by atoms with van der Waals surface area (Å²) in [5.41, 5.74) is -3.59. The number of nitrogens with zero attached hydrogens (tertiary/aromatic N) is 5. The summed E-state index contributed by atoms with van der Waals surface area (Å²) in [6.07, 6.45) is -8.92. The number of pyridine rings is 2. The van der Waals surface area contributed by atoms with E-state index < -0.39 is 34.6 Å². The molecule has 146 valence electrons. The van der Waals surface area contributed by atoms with Gasteiger partial charge in [-0.05, 0) is 18.2 Å². The van der Waals surface area contributed by atoms with E-state index in [-0.39, 0.29) is 35.1 Å². The Kier molecular flexibility index (Phi) is 4.00. The highest BCUT2D eigenvalue weighted by Crippen LogP contribution is 2.38. The molecule has 0 atom stereocenters. The second kappa shape index (κ2) is 6.06. The third-order valence-corrected chi connectivity index (χ3v) is 4.02. The van der Waals surface area contributed by atoms with Gasteiger partial charge in [0.05, 0.1) is 5.56 Å². The lowest BCUT2D eigenvalue weighted by Crippen LogP contribution is -2.14. The van der Waals surface area contributed by atoms with Gasteiger partial charge < -0.3 is 4.42 Å². The van der Waals surface area contributed by atoms with Crippen LogP contribution < -0.4 is 0 Å². The zero-order valence-electron chi connectivity index (χ0n) is 13.3. The van der Waals surface area contributed by atoms with Crippen molar-refractivity contribution in [3.05, 3.63) is 41.5 Å². The fourth-order valence-electron chi connectivity index (χ4n) is 2.62. The maximum Gasteiger partial charge on any atom is 0.433 e. The molecule has 28 heavy (non-hydrogen) atoms. The van der Waals surface area contributed by atoms with Crippen molar-refractivity contribution in [1.82, 2.24) is 24.6 Å². The summed E-state index contributed by atoms with van der Waals surface area (Å²) in [5.74, 6) is -0.0830. The van der Waals surface area contributed by atoms with E-state index in [1.54, 1.807) is 0 Å². The Labute approximate surface area is 155 Å². The van der Waals surface area contributed by atoms with Crippen LogP contribution in [0.15, 0.2) is 28.8 Å². The number of rotatable bonds is 2. The first-order chi connectivity index (χ1) is 13.1. The maximum atomic E-state index is 13.3. The molecule has 4 heterocycles. The van der Waals surface area contributed by atoms with Crippen LogP contribution in [-0.2, 0) is 18.2 Å². The highest BCUT2D eigenvalue weighted by molar-refractivity contribution is 6.16. The van der Waals surface area contributed by atoms with E-state index in [2.05, 4.69) is 20.2 Å². The van der Waals surface area contributed by atoms with E-state index in [4.69, 9.17) is 16.0 Å². The van der Waals surface area contributed by atoms with Crippen LogP contribution in [0.2, 0.25) is 0 Å². The minimum atomic E-state index is -5.07. The first-order valence-electron chi connectivity index (χ1n) is 7.44. The Hall–Kier alpha value is -2.89. The highest BCUT2D eigenvalue weighted by Gasteiger charge is 2.39. The van der Waals surface area contributed by atoms with Crippen molar-refractivity contribution in [3.8, 4) is 11.6 Å². The second-order valence-corrected chi connectivity index (χ2v) is 5.88. The Bertz CT molecular complexity index is 1200. The van der Waals surface area contributed by atoms with Crippen molar-refractivity contribution in [2.24, 2.45) is 0 Å². The Morgan fingerprint density at radius 2 is 1.75 bits per heavy atom. The zero-order valence-corrected chi connectivity index (χ0v) is 14.1. The molecule has 0 spiro atoms. The molecule has 0 aliphatic heterocycles. The van der Waals surface area contributed by atoms with Crippen molar-refractivity contribution >= 4 is 28.3 Å². The summed E-state index contributed by atoms with van der Waals surface area (Å²) in [6.45, 7) is 0. The zero-order chi connectivity index (χ0) is 20.3. The lowest BCUT2D eigenvalue weighted by Gasteiger charge is -2.14. The number of imidazole rings is 1. The van der Waals surface area contributed by atoms with E-state index in [0.717, 1.165) is 16.7 Å². The molecule has 0 aliphatic carbocycles. The number of aromatic nitrogens is 5. The topological polar surface area (TPSA) is 69.1 Å². The van der Waals surface area contributed by atoms with Crippen LogP contribution in [0, 0.1) is 0 Å². The van der Waals surface area contributed by atoms with Crippen molar-refractivity contribution in [3.63, 3.8) is 0 Å². The number of alkyl halides is 7. The molecule has 0 fully saturated rings. The largest absolute Gasteiger partial charge is 0.433 e. The average Bonchev–Trinajstić information content (AvgIpc) is 3.25. The molecule has 0 saturated heterocycles. The molecule has 0 radical (unpaired) electrons. The van der Waals surface area contributed by atoms with Gasteiger partial charge in [0.1, 0.15) is 28.6 Å². The van der Waals surface area contributed by atoms with Gasteiger partial charge in [0.15, 0.2) is 0 Å². The Balaban J connectivity index is 2.02. The molecule has 4 aromatic heterocycles. The molecule has 0 saturated carbocycles. The van der Waals surface area contributed by atoms with E-state index in [0.29, 0.717) is 0 Å². The standard InChI is InChI=1S/C15H6ClF6N5O/c16-4-11-25-26-13(28-11)8-5-27-10(23-8)2-1-6-7(14(17,18)19)3-9(15(20,21)22)24-12(6)27/h1-3,5H,4H2. The minimum absolute atomic E-state index is 0.0171. The molecule has 0 aromatic carbocycles. The van der Waals surface area contributed by atoms with Gasteiger partial charge in [-0.3, -0.25) is 4.40 Å². The predicted molar refractivity (Wildman–Crippen MR) is 83.3 cm³/mol. The monoisotopic (exact) mass is 421 g/mol. The van der Waals surface area contributed by atoms with Crippen molar-refractivity contribution < 1.29 is 30.8 Å². The van der Waals surface area contributed by atoms with E-state index >= 15 is 0 Å². The first kappa shape index (κ1) is 18.5. The third-order valence-electron chi connectivity index (χ3n) is 3.80. The van der Waals surface area contributed by atoms with Crippen LogP contribution >= 0.6 is 11.6 Å². The lowest BCUT2D eigenvalue weighted by atomic mass is 10.1. The average molecular weight is 422 g/mol. The lowest BCUT2D eigenvalue weighted by molar-refractivity contribution is -0.144. The Morgan fingerprint density at radius 3 is 2.36 bits per heavy atom. The van der Waals surface area contributed by atoms with Gasteiger partial charge in [-0.25, -0.2) is 9.97 Å². The quantitative estimate of drug-likeness (QED) is 0.346. The molecular weight excluding hydrogens is 416 g/mol. The van der Waals surface area contributed by atoms with Crippen LogP contribution in [0.1, 0.15) is 17.1 Å². The van der Waals surface area contributed by atoms with Crippen LogP contribution in [0.25, 0.3) is 28.3 Å². The third kappa shape index (κ3) is 3.03. The van der Waals surface area contributed by atoms with Gasteiger partial charge in [0, 0.05) is 11.6 Å². The number of hydrogen-bond donors (Lipinski definition) is 0. The van der Waals surface area contributed by atoms with E-state index in [1.807, 2.05) is 0 Å².